The summed E-state index contributed by atoms with van der Waals surface area (Å²) in [6.07, 6.45) is 0.410. The number of hydrogen-bond donors (Lipinski definition) is 2. The lowest BCUT2D eigenvalue weighted by molar-refractivity contribution is 0.0697. The van der Waals surface area contributed by atoms with Crippen LogP contribution in [0.25, 0.3) is 0 Å². The van der Waals surface area contributed by atoms with Gasteiger partial charge in [-0.2, -0.15) is 5.26 Å². The third kappa shape index (κ3) is 3.57. The molecule has 5 heteroatoms. The zero-order valence-corrected chi connectivity index (χ0v) is 10.9. The van der Waals surface area contributed by atoms with Crippen LogP contribution in [0.5, 0.6) is 0 Å². The van der Waals surface area contributed by atoms with E-state index in [1.807, 2.05) is 24.3 Å². The number of carboxylic acid groups (broad SMARTS) is 1. The van der Waals surface area contributed by atoms with E-state index in [0.717, 1.165) is 16.1 Å². The molecule has 0 amide bonds. The Morgan fingerprint density at radius 2 is 2.11 bits per heavy atom. The maximum Gasteiger partial charge on any atom is 0.336 e. The summed E-state index contributed by atoms with van der Waals surface area (Å²) in [5.74, 6) is -0.900. The third-order valence-electron chi connectivity index (χ3n) is 2.60. The molecule has 4 nitrogen and oxygen atoms in total. The first-order valence-corrected chi connectivity index (χ1v) is 6.57. The number of hydrogen-bond acceptors (Lipinski definition) is 4. The summed E-state index contributed by atoms with van der Waals surface area (Å²) in [6, 6.07) is 11.4. The van der Waals surface area contributed by atoms with Gasteiger partial charge in [-0.25, -0.2) is 4.79 Å². The maximum absolute atomic E-state index is 10.7. The van der Waals surface area contributed by atoms with Gasteiger partial charge >= 0.3 is 5.97 Å². The van der Waals surface area contributed by atoms with Gasteiger partial charge in [-0.3, -0.25) is 0 Å². The van der Waals surface area contributed by atoms with Crippen LogP contribution in [0.15, 0.2) is 35.7 Å². The van der Waals surface area contributed by atoms with E-state index in [2.05, 4.69) is 11.4 Å². The number of aromatic carboxylic acids is 1. The largest absolute Gasteiger partial charge is 0.478 e. The van der Waals surface area contributed by atoms with Crippen molar-refractivity contribution in [2.45, 2.75) is 13.0 Å². The molecule has 0 bridgehead atoms. The van der Waals surface area contributed by atoms with E-state index in [-0.39, 0.29) is 0 Å². The van der Waals surface area contributed by atoms with Crippen molar-refractivity contribution in [2.24, 2.45) is 0 Å². The van der Waals surface area contributed by atoms with E-state index < -0.39 is 5.97 Å². The van der Waals surface area contributed by atoms with Gasteiger partial charge in [-0.05, 0) is 23.8 Å². The molecule has 2 aromatic rings. The van der Waals surface area contributed by atoms with Crippen LogP contribution in [0.2, 0.25) is 0 Å². The SMILES string of the molecule is N#CCc1ccc(NCc2cc(C(=O)O)cs2)cc1. The molecule has 0 atom stereocenters. The van der Waals surface area contributed by atoms with Crippen molar-refractivity contribution in [3.05, 3.63) is 51.7 Å². The Bertz CT molecular complexity index is 611. The predicted molar refractivity (Wildman–Crippen MR) is 74.4 cm³/mol. The molecule has 0 aliphatic carbocycles. The van der Waals surface area contributed by atoms with E-state index in [1.165, 1.54) is 11.3 Å². The van der Waals surface area contributed by atoms with Crippen molar-refractivity contribution in [1.29, 1.82) is 5.26 Å². The number of nitriles is 1. The molecule has 1 heterocycles. The summed E-state index contributed by atoms with van der Waals surface area (Å²) in [6.45, 7) is 0.593. The van der Waals surface area contributed by atoms with Gasteiger partial charge in [0.1, 0.15) is 0 Å². The number of thiophene rings is 1. The molecule has 19 heavy (non-hydrogen) atoms. The van der Waals surface area contributed by atoms with Crippen LogP contribution in [0.3, 0.4) is 0 Å². The fourth-order valence-corrected chi connectivity index (χ4v) is 2.40. The summed E-state index contributed by atoms with van der Waals surface area (Å²) < 4.78 is 0. The second-order valence-corrected chi connectivity index (χ2v) is 4.99. The molecule has 2 N–H and O–H groups in total. The van der Waals surface area contributed by atoms with Gasteiger partial charge in [-0.15, -0.1) is 11.3 Å². The van der Waals surface area contributed by atoms with E-state index in [1.54, 1.807) is 11.4 Å². The first-order chi connectivity index (χ1) is 9.19. The van der Waals surface area contributed by atoms with Gasteiger partial charge in [0.2, 0.25) is 0 Å². The van der Waals surface area contributed by atoms with E-state index in [0.29, 0.717) is 18.5 Å². The van der Waals surface area contributed by atoms with Crippen molar-refractivity contribution in [1.82, 2.24) is 0 Å². The number of rotatable bonds is 5. The minimum Gasteiger partial charge on any atom is -0.478 e. The quantitative estimate of drug-likeness (QED) is 0.877. The molecule has 1 aromatic carbocycles. The van der Waals surface area contributed by atoms with Gasteiger partial charge < -0.3 is 10.4 Å². The summed E-state index contributed by atoms with van der Waals surface area (Å²) in [5, 5.41) is 22.3. The average molecular weight is 272 g/mol. The lowest BCUT2D eigenvalue weighted by atomic mass is 10.1. The molecule has 1 aromatic heterocycles. The Labute approximate surface area is 114 Å². The Morgan fingerprint density at radius 1 is 1.37 bits per heavy atom. The van der Waals surface area contributed by atoms with Crippen LogP contribution >= 0.6 is 11.3 Å². The monoisotopic (exact) mass is 272 g/mol. The highest BCUT2D eigenvalue weighted by Gasteiger charge is 2.06. The fourth-order valence-electron chi connectivity index (χ4n) is 1.61. The van der Waals surface area contributed by atoms with Crippen LogP contribution < -0.4 is 5.32 Å². The second kappa shape index (κ2) is 6.03. The average Bonchev–Trinajstić information content (AvgIpc) is 2.87. The highest BCUT2D eigenvalue weighted by atomic mass is 32.1. The molecule has 0 fully saturated rings. The standard InChI is InChI=1S/C14H12N2O2S/c15-6-5-10-1-3-12(4-2-10)16-8-13-7-11(9-19-13)14(17)18/h1-4,7,9,16H,5,8H2,(H,17,18). The Morgan fingerprint density at radius 3 is 2.68 bits per heavy atom. The molecular formula is C14H12N2O2S. The minimum absolute atomic E-state index is 0.325. The first kappa shape index (κ1) is 13.1. The molecule has 2 rings (SSSR count). The lowest BCUT2D eigenvalue weighted by Crippen LogP contribution is -1.98. The van der Waals surface area contributed by atoms with Gasteiger partial charge in [0.15, 0.2) is 0 Å². The van der Waals surface area contributed by atoms with Gasteiger partial charge in [-0.1, -0.05) is 12.1 Å². The molecule has 0 unspecified atom stereocenters. The lowest BCUT2D eigenvalue weighted by Gasteiger charge is -2.05. The van der Waals surface area contributed by atoms with Crippen LogP contribution in [-0.4, -0.2) is 11.1 Å². The van der Waals surface area contributed by atoms with Crippen LogP contribution in [-0.2, 0) is 13.0 Å². The number of benzene rings is 1. The summed E-state index contributed by atoms with van der Waals surface area (Å²) in [7, 11) is 0. The van der Waals surface area contributed by atoms with Crippen molar-refractivity contribution in [2.75, 3.05) is 5.32 Å². The van der Waals surface area contributed by atoms with Crippen molar-refractivity contribution < 1.29 is 9.90 Å². The smallest absolute Gasteiger partial charge is 0.336 e. The van der Waals surface area contributed by atoms with Crippen molar-refractivity contribution >= 4 is 23.0 Å². The highest BCUT2D eigenvalue weighted by molar-refractivity contribution is 7.10. The summed E-state index contributed by atoms with van der Waals surface area (Å²) in [5.41, 5.74) is 2.26. The van der Waals surface area contributed by atoms with Crippen molar-refractivity contribution in [3.63, 3.8) is 0 Å². The first-order valence-electron chi connectivity index (χ1n) is 5.69. The van der Waals surface area contributed by atoms with E-state index >= 15 is 0 Å². The Hall–Kier alpha value is -2.32. The molecule has 96 valence electrons. The zero-order chi connectivity index (χ0) is 13.7. The van der Waals surface area contributed by atoms with Gasteiger partial charge in [0, 0.05) is 22.5 Å². The summed E-state index contributed by atoms with van der Waals surface area (Å²) >= 11 is 1.42. The van der Waals surface area contributed by atoms with E-state index in [9.17, 15) is 4.79 Å². The van der Waals surface area contributed by atoms with Gasteiger partial charge in [0.05, 0.1) is 18.1 Å². The number of carboxylic acids is 1. The molecular weight excluding hydrogens is 260 g/mol. The highest BCUT2D eigenvalue weighted by Crippen LogP contribution is 2.17. The molecule has 0 aliphatic rings. The number of nitrogens with one attached hydrogen (secondary N) is 1. The maximum atomic E-state index is 10.7. The second-order valence-electron chi connectivity index (χ2n) is 3.99. The molecule has 0 spiro atoms. The van der Waals surface area contributed by atoms with Crippen molar-refractivity contribution in [3.8, 4) is 6.07 Å². The molecule has 0 saturated carbocycles. The fraction of sp³-hybridized carbons (Fsp3) is 0.143. The van der Waals surface area contributed by atoms with E-state index in [4.69, 9.17) is 10.4 Å². The van der Waals surface area contributed by atoms with Crippen LogP contribution in [0.1, 0.15) is 20.8 Å². The predicted octanol–water partition coefficient (Wildman–Crippen LogP) is 3.12. The third-order valence-corrected chi connectivity index (χ3v) is 3.54. The molecule has 0 radical (unpaired) electrons. The molecule has 0 saturated heterocycles. The number of anilines is 1. The van der Waals surface area contributed by atoms with Crippen LogP contribution in [0, 0.1) is 11.3 Å². The summed E-state index contributed by atoms with van der Waals surface area (Å²) in [4.78, 5) is 11.7. The normalized spacial score (nSPS) is 9.84. The Kier molecular flexibility index (Phi) is 4.16. The minimum atomic E-state index is -0.900. The molecule has 0 aliphatic heterocycles. The Balaban J connectivity index is 1.94. The zero-order valence-electron chi connectivity index (χ0n) is 10.1. The van der Waals surface area contributed by atoms with Crippen LogP contribution in [0.4, 0.5) is 5.69 Å². The number of carbonyl (C=O) groups is 1. The van der Waals surface area contributed by atoms with Gasteiger partial charge in [0.25, 0.3) is 0 Å². The topological polar surface area (TPSA) is 73.1 Å². The number of nitrogens with zero attached hydrogens (tertiary/aromatic N) is 1.